The van der Waals surface area contributed by atoms with Crippen LogP contribution in [0.4, 0.5) is 5.82 Å². The van der Waals surface area contributed by atoms with Crippen molar-refractivity contribution in [1.82, 2.24) is 20.5 Å². The molecule has 32 heavy (non-hydrogen) atoms. The van der Waals surface area contributed by atoms with Crippen LogP contribution in [0, 0.1) is 0 Å². The van der Waals surface area contributed by atoms with Crippen LogP contribution in [0.25, 0.3) is 0 Å². The Kier molecular flexibility index (Phi) is 7.57. The first-order valence-electron chi connectivity index (χ1n) is 10.4. The zero-order chi connectivity index (χ0) is 23.1. The standard InChI is InChI=1S/C23H29N5O4/c1-23(2,24-13-20(31)17-6-7-19(30)18(14-29)26-17)12-16-5-3-4-15(10-16)11-22(32)27-21-8-9-25-28-21/h3-10,20,24,29-31H,11-14H2,1-2H3,(H2,25,27,28,32). The molecule has 0 bridgehead atoms. The molecule has 2 aromatic heterocycles. The smallest absolute Gasteiger partial charge is 0.229 e. The molecule has 9 heteroatoms. The molecule has 0 aliphatic carbocycles. The van der Waals surface area contributed by atoms with Gasteiger partial charge in [-0.05, 0) is 43.5 Å². The number of hydrogen-bond donors (Lipinski definition) is 6. The molecule has 0 aliphatic rings. The van der Waals surface area contributed by atoms with Gasteiger partial charge in [0.15, 0.2) is 0 Å². The summed E-state index contributed by atoms with van der Waals surface area (Å²) in [5, 5.41) is 42.0. The first kappa shape index (κ1) is 23.4. The van der Waals surface area contributed by atoms with Gasteiger partial charge in [0.1, 0.15) is 23.4 Å². The number of anilines is 1. The maximum atomic E-state index is 12.2. The van der Waals surface area contributed by atoms with Crippen molar-refractivity contribution in [3.05, 3.63) is 71.2 Å². The average molecular weight is 440 g/mol. The molecule has 0 radical (unpaired) electrons. The van der Waals surface area contributed by atoms with E-state index >= 15 is 0 Å². The summed E-state index contributed by atoms with van der Waals surface area (Å²) < 4.78 is 0. The first-order valence-corrected chi connectivity index (χ1v) is 10.4. The fourth-order valence-electron chi connectivity index (χ4n) is 3.42. The summed E-state index contributed by atoms with van der Waals surface area (Å²) in [7, 11) is 0. The Bertz CT molecular complexity index is 1040. The number of aromatic amines is 1. The van der Waals surface area contributed by atoms with Gasteiger partial charge in [0.05, 0.1) is 24.9 Å². The highest BCUT2D eigenvalue weighted by Crippen LogP contribution is 2.20. The molecule has 1 amide bonds. The third-order valence-corrected chi connectivity index (χ3v) is 5.01. The lowest BCUT2D eigenvalue weighted by atomic mass is 9.93. The van der Waals surface area contributed by atoms with E-state index in [0.29, 0.717) is 17.9 Å². The van der Waals surface area contributed by atoms with E-state index in [1.165, 1.54) is 12.1 Å². The van der Waals surface area contributed by atoms with Crippen LogP contribution >= 0.6 is 0 Å². The molecule has 0 saturated heterocycles. The lowest BCUT2D eigenvalue weighted by Gasteiger charge is -2.28. The second-order valence-electron chi connectivity index (χ2n) is 8.33. The number of benzene rings is 1. The lowest BCUT2D eigenvalue weighted by Crippen LogP contribution is -2.43. The minimum Gasteiger partial charge on any atom is -0.506 e. The van der Waals surface area contributed by atoms with Gasteiger partial charge >= 0.3 is 0 Å². The molecule has 0 fully saturated rings. The molecule has 3 rings (SSSR count). The maximum Gasteiger partial charge on any atom is 0.229 e. The fraction of sp³-hybridized carbons (Fsp3) is 0.348. The van der Waals surface area contributed by atoms with Gasteiger partial charge in [0, 0.05) is 18.2 Å². The number of hydrogen-bond acceptors (Lipinski definition) is 7. The Morgan fingerprint density at radius 3 is 2.69 bits per heavy atom. The van der Waals surface area contributed by atoms with E-state index in [0.717, 1.165) is 11.1 Å². The highest BCUT2D eigenvalue weighted by atomic mass is 16.3. The van der Waals surface area contributed by atoms with Crippen LogP contribution in [0.3, 0.4) is 0 Å². The van der Waals surface area contributed by atoms with Crippen molar-refractivity contribution in [2.24, 2.45) is 0 Å². The van der Waals surface area contributed by atoms with Crippen LogP contribution in [-0.4, -0.2) is 48.5 Å². The van der Waals surface area contributed by atoms with Gasteiger partial charge in [-0.15, -0.1) is 0 Å². The van der Waals surface area contributed by atoms with E-state index in [-0.39, 0.29) is 35.9 Å². The van der Waals surface area contributed by atoms with Crippen LogP contribution in [0.2, 0.25) is 0 Å². The molecule has 2 heterocycles. The predicted octanol–water partition coefficient (Wildman–Crippen LogP) is 1.83. The normalized spacial score (nSPS) is 12.5. The highest BCUT2D eigenvalue weighted by Gasteiger charge is 2.21. The predicted molar refractivity (Wildman–Crippen MR) is 120 cm³/mol. The van der Waals surface area contributed by atoms with Gasteiger partial charge < -0.3 is 26.0 Å². The Balaban J connectivity index is 1.56. The molecule has 0 aliphatic heterocycles. The lowest BCUT2D eigenvalue weighted by molar-refractivity contribution is -0.115. The summed E-state index contributed by atoms with van der Waals surface area (Å²) in [4.78, 5) is 16.3. The molecular formula is C23H29N5O4. The molecule has 0 spiro atoms. The summed E-state index contributed by atoms with van der Waals surface area (Å²) in [6, 6.07) is 12.5. The van der Waals surface area contributed by atoms with E-state index in [1.807, 2.05) is 38.1 Å². The second kappa shape index (κ2) is 10.4. The number of aromatic hydroxyl groups is 1. The Morgan fingerprint density at radius 2 is 1.97 bits per heavy atom. The van der Waals surface area contributed by atoms with Crippen LogP contribution in [0.5, 0.6) is 5.75 Å². The van der Waals surface area contributed by atoms with Gasteiger partial charge in [-0.2, -0.15) is 5.10 Å². The first-order chi connectivity index (χ1) is 15.3. The molecule has 1 unspecified atom stereocenters. The molecule has 6 N–H and O–H groups in total. The molecular weight excluding hydrogens is 410 g/mol. The van der Waals surface area contributed by atoms with E-state index in [1.54, 1.807) is 12.3 Å². The van der Waals surface area contributed by atoms with Gasteiger partial charge in [0.2, 0.25) is 5.91 Å². The molecule has 170 valence electrons. The SMILES string of the molecule is CC(C)(Cc1cccc(CC(=O)Nc2ccn[nH]2)c1)NCC(O)c1ccc(O)c(CO)n1. The third kappa shape index (κ3) is 6.61. The van der Waals surface area contributed by atoms with Crippen molar-refractivity contribution in [2.75, 3.05) is 11.9 Å². The second-order valence-corrected chi connectivity index (χ2v) is 8.33. The van der Waals surface area contributed by atoms with Gasteiger partial charge in [-0.25, -0.2) is 4.98 Å². The number of carbonyl (C=O) groups excluding carboxylic acids is 1. The molecule has 1 aromatic carbocycles. The number of rotatable bonds is 10. The van der Waals surface area contributed by atoms with E-state index in [9.17, 15) is 20.1 Å². The van der Waals surface area contributed by atoms with Crippen molar-refractivity contribution in [1.29, 1.82) is 0 Å². The van der Waals surface area contributed by atoms with Crippen molar-refractivity contribution in [2.45, 2.75) is 44.9 Å². The van der Waals surface area contributed by atoms with E-state index < -0.39 is 12.7 Å². The summed E-state index contributed by atoms with van der Waals surface area (Å²) in [6.07, 6.45) is 1.61. The number of β-amino-alcohol motifs (C(OH)–C–C–N with tert-alkyl or cyclic N) is 1. The van der Waals surface area contributed by atoms with Gasteiger partial charge in [-0.1, -0.05) is 24.3 Å². The van der Waals surface area contributed by atoms with E-state index in [4.69, 9.17) is 0 Å². The molecule has 1 atom stereocenters. The summed E-state index contributed by atoms with van der Waals surface area (Å²) >= 11 is 0. The number of carbonyl (C=O) groups is 1. The third-order valence-electron chi connectivity index (χ3n) is 5.01. The largest absolute Gasteiger partial charge is 0.506 e. The van der Waals surface area contributed by atoms with Crippen molar-refractivity contribution in [3.63, 3.8) is 0 Å². The number of aliphatic hydroxyl groups excluding tert-OH is 2. The summed E-state index contributed by atoms with van der Waals surface area (Å²) in [5.74, 6) is 0.328. The zero-order valence-electron chi connectivity index (χ0n) is 18.2. The zero-order valence-corrected chi connectivity index (χ0v) is 18.2. The number of nitrogens with one attached hydrogen (secondary N) is 3. The summed E-state index contributed by atoms with van der Waals surface area (Å²) in [6.45, 7) is 3.91. The number of aliphatic hydroxyl groups is 2. The van der Waals surface area contributed by atoms with Crippen molar-refractivity contribution in [3.8, 4) is 5.75 Å². The average Bonchev–Trinajstić information content (AvgIpc) is 3.25. The Hall–Kier alpha value is -3.27. The number of nitrogens with zero attached hydrogens (tertiary/aromatic N) is 2. The molecule has 0 saturated carbocycles. The van der Waals surface area contributed by atoms with Crippen LogP contribution < -0.4 is 10.6 Å². The topological polar surface area (TPSA) is 143 Å². The van der Waals surface area contributed by atoms with Crippen LogP contribution in [0.1, 0.15) is 42.5 Å². The van der Waals surface area contributed by atoms with Crippen LogP contribution in [0.15, 0.2) is 48.7 Å². The number of H-pyrrole nitrogens is 1. The number of pyridine rings is 1. The molecule has 3 aromatic rings. The monoisotopic (exact) mass is 439 g/mol. The quantitative estimate of drug-likeness (QED) is 0.283. The van der Waals surface area contributed by atoms with Crippen molar-refractivity contribution >= 4 is 11.7 Å². The van der Waals surface area contributed by atoms with Gasteiger partial charge in [0.25, 0.3) is 0 Å². The van der Waals surface area contributed by atoms with Crippen LogP contribution in [-0.2, 0) is 24.2 Å². The van der Waals surface area contributed by atoms with Crippen molar-refractivity contribution < 1.29 is 20.1 Å². The maximum absolute atomic E-state index is 12.2. The van der Waals surface area contributed by atoms with Gasteiger partial charge in [-0.3, -0.25) is 9.89 Å². The molecule has 9 nitrogen and oxygen atoms in total. The Labute approximate surface area is 186 Å². The number of amides is 1. The minimum atomic E-state index is -0.891. The fourth-order valence-corrected chi connectivity index (χ4v) is 3.42. The minimum absolute atomic E-state index is 0.102. The van der Waals surface area contributed by atoms with E-state index in [2.05, 4.69) is 25.8 Å². The highest BCUT2D eigenvalue weighted by molar-refractivity contribution is 5.91. The Morgan fingerprint density at radius 1 is 1.19 bits per heavy atom. The number of aromatic nitrogens is 3. The summed E-state index contributed by atoms with van der Waals surface area (Å²) in [5.41, 5.74) is 2.14.